The highest BCUT2D eigenvalue weighted by atomic mass is 35.5. The van der Waals surface area contributed by atoms with E-state index in [1.54, 1.807) is 21.0 Å². The molecule has 0 aromatic heterocycles. The number of methoxy groups -OCH3 is 1. The van der Waals surface area contributed by atoms with Crippen LogP contribution in [-0.4, -0.2) is 43.2 Å². The third-order valence-electron chi connectivity index (χ3n) is 2.59. The quantitative estimate of drug-likeness (QED) is 0.534. The zero-order chi connectivity index (χ0) is 18.1. The molecule has 6 heteroatoms. The van der Waals surface area contributed by atoms with Gasteiger partial charge in [0.25, 0.3) is 0 Å². The molecular weight excluding hydrogens is 308 g/mol. The van der Waals surface area contributed by atoms with E-state index in [-0.39, 0.29) is 23.9 Å². The molecule has 0 bridgehead atoms. The molecule has 1 atom stereocenters. The predicted octanol–water partition coefficient (Wildman–Crippen LogP) is 3.97. The van der Waals surface area contributed by atoms with Gasteiger partial charge in [-0.15, -0.1) is 11.6 Å². The van der Waals surface area contributed by atoms with Crippen molar-refractivity contribution in [2.75, 3.05) is 20.1 Å². The first-order chi connectivity index (χ1) is 10.3. The van der Waals surface area contributed by atoms with Crippen molar-refractivity contribution in [2.24, 2.45) is 11.8 Å². The fourth-order valence-corrected chi connectivity index (χ4v) is 1.04. The minimum atomic E-state index is -0.741. The first kappa shape index (κ1) is 26.1. The topological polar surface area (TPSA) is 72.8 Å². The van der Waals surface area contributed by atoms with Crippen molar-refractivity contribution in [3.05, 3.63) is 0 Å². The molecule has 134 valence electrons. The molecule has 0 spiro atoms. The zero-order valence-corrected chi connectivity index (χ0v) is 15.8. The number of esters is 1. The fraction of sp³-hybridized carbons (Fsp3) is 0.875. The monoisotopic (exact) mass is 340 g/mol. The molecule has 0 rings (SSSR count). The van der Waals surface area contributed by atoms with Crippen molar-refractivity contribution in [3.63, 3.8) is 0 Å². The van der Waals surface area contributed by atoms with E-state index in [1.165, 1.54) is 6.38 Å². The van der Waals surface area contributed by atoms with E-state index in [0.29, 0.717) is 6.61 Å². The van der Waals surface area contributed by atoms with Crippen molar-refractivity contribution in [2.45, 2.75) is 60.0 Å². The van der Waals surface area contributed by atoms with E-state index in [0.717, 1.165) is 19.3 Å². The minimum absolute atomic E-state index is 0.0534. The molecule has 0 aliphatic carbocycles. The summed E-state index contributed by atoms with van der Waals surface area (Å²) in [6.07, 6.45) is 4.73. The summed E-state index contributed by atoms with van der Waals surface area (Å²) in [5.41, 5.74) is 0. The Morgan fingerprint density at radius 1 is 1.09 bits per heavy atom. The molecule has 1 N–H and O–H groups in total. The van der Waals surface area contributed by atoms with Crippen LogP contribution in [-0.2, 0) is 19.1 Å². The predicted molar refractivity (Wildman–Crippen MR) is 90.4 cm³/mol. The van der Waals surface area contributed by atoms with Gasteiger partial charge < -0.3 is 14.6 Å². The van der Waals surface area contributed by atoms with Crippen molar-refractivity contribution >= 4 is 23.5 Å². The van der Waals surface area contributed by atoms with Gasteiger partial charge in [0, 0.05) is 13.5 Å². The maximum absolute atomic E-state index is 11.2. The van der Waals surface area contributed by atoms with Crippen LogP contribution in [0.15, 0.2) is 0 Å². The lowest BCUT2D eigenvalue weighted by Crippen LogP contribution is -2.22. The van der Waals surface area contributed by atoms with E-state index < -0.39 is 5.97 Å². The third kappa shape index (κ3) is 19.2. The number of carbonyl (C=O) groups is 2. The number of alkyl halides is 1. The number of halogens is 1. The van der Waals surface area contributed by atoms with E-state index in [4.69, 9.17) is 14.6 Å². The van der Waals surface area contributed by atoms with Gasteiger partial charge in [-0.1, -0.05) is 47.5 Å². The Balaban J connectivity index is -0.000000378. The van der Waals surface area contributed by atoms with E-state index in [2.05, 4.69) is 18.5 Å². The fourth-order valence-electron chi connectivity index (χ4n) is 1.04. The molecule has 0 aromatic carbocycles. The van der Waals surface area contributed by atoms with Gasteiger partial charge in [0.1, 0.15) is 6.61 Å². The number of carbonyl (C=O) groups excluding carboxylic acids is 1. The molecule has 0 amide bonds. The maximum atomic E-state index is 11.2. The van der Waals surface area contributed by atoms with Crippen LogP contribution >= 0.6 is 11.6 Å². The van der Waals surface area contributed by atoms with Crippen LogP contribution in [0.25, 0.3) is 0 Å². The summed E-state index contributed by atoms with van der Waals surface area (Å²) in [6.45, 7) is 9.46. The number of unbranched alkanes of at least 4 members (excludes halogenated alkanes) is 1. The van der Waals surface area contributed by atoms with Crippen molar-refractivity contribution in [1.29, 1.82) is 0 Å². The van der Waals surface area contributed by atoms with Crippen molar-refractivity contribution in [1.82, 2.24) is 0 Å². The average Bonchev–Trinajstić information content (AvgIpc) is 2.49. The average molecular weight is 341 g/mol. The van der Waals surface area contributed by atoms with E-state index in [9.17, 15) is 9.59 Å². The Morgan fingerprint density at radius 3 is 1.82 bits per heavy atom. The van der Waals surface area contributed by atoms with Gasteiger partial charge in [0.15, 0.2) is 0 Å². The van der Waals surface area contributed by atoms with Gasteiger partial charge in [-0.05, 0) is 6.42 Å². The highest BCUT2D eigenvalue weighted by molar-refractivity contribution is 6.15. The molecule has 0 fully saturated rings. The number of rotatable bonds is 8. The van der Waals surface area contributed by atoms with Crippen LogP contribution in [0.5, 0.6) is 0 Å². The normalized spacial score (nSPS) is 11.0. The standard InChI is InChI=1S/C11H22O3.C4H8O2.CH3Cl/c1-5-6-7-10(13-4)8-14-11(12)9(2)3;1-3(2)4(5)6;1-2/h9-10H,5-8H2,1-4H3;3H,1-2H3,(H,5,6);1H3. The Bertz CT molecular complexity index is 267. The van der Waals surface area contributed by atoms with Gasteiger partial charge in [-0.3, -0.25) is 9.59 Å². The van der Waals surface area contributed by atoms with E-state index >= 15 is 0 Å². The van der Waals surface area contributed by atoms with Gasteiger partial charge in [0.2, 0.25) is 0 Å². The Morgan fingerprint density at radius 2 is 1.55 bits per heavy atom. The Hall–Kier alpha value is -0.810. The number of carboxylic acid groups (broad SMARTS) is 1. The van der Waals surface area contributed by atoms with Gasteiger partial charge >= 0.3 is 11.9 Å². The van der Waals surface area contributed by atoms with Crippen molar-refractivity contribution in [3.8, 4) is 0 Å². The lowest BCUT2D eigenvalue weighted by atomic mass is 10.2. The number of hydrogen-bond acceptors (Lipinski definition) is 4. The summed E-state index contributed by atoms with van der Waals surface area (Å²) >= 11 is 4.64. The molecule has 1 unspecified atom stereocenters. The van der Waals surface area contributed by atoms with Crippen LogP contribution in [0.1, 0.15) is 53.9 Å². The summed E-state index contributed by atoms with van der Waals surface area (Å²) in [4.78, 5) is 20.9. The number of hydrogen-bond donors (Lipinski definition) is 1. The summed E-state index contributed by atoms with van der Waals surface area (Å²) < 4.78 is 10.3. The number of aliphatic carboxylic acids is 1. The lowest BCUT2D eigenvalue weighted by Gasteiger charge is -2.15. The third-order valence-corrected chi connectivity index (χ3v) is 2.59. The van der Waals surface area contributed by atoms with Crippen LogP contribution in [0.3, 0.4) is 0 Å². The van der Waals surface area contributed by atoms with Gasteiger partial charge in [0.05, 0.1) is 17.9 Å². The summed E-state index contributed by atoms with van der Waals surface area (Å²) in [6, 6.07) is 0. The number of ether oxygens (including phenoxy) is 2. The Labute approximate surface area is 140 Å². The summed E-state index contributed by atoms with van der Waals surface area (Å²) in [5, 5.41) is 7.99. The van der Waals surface area contributed by atoms with Crippen LogP contribution in [0, 0.1) is 11.8 Å². The molecule has 0 radical (unpaired) electrons. The highest BCUT2D eigenvalue weighted by Gasteiger charge is 2.12. The van der Waals surface area contributed by atoms with Crippen LogP contribution in [0.4, 0.5) is 0 Å². The lowest BCUT2D eigenvalue weighted by molar-refractivity contribution is -0.151. The molecule has 0 saturated carbocycles. The smallest absolute Gasteiger partial charge is 0.308 e. The first-order valence-electron chi connectivity index (χ1n) is 7.56. The largest absolute Gasteiger partial charge is 0.481 e. The molecule has 0 saturated heterocycles. The Kier molecular flexibility index (Phi) is 21.6. The van der Waals surface area contributed by atoms with Crippen molar-refractivity contribution < 1.29 is 24.2 Å². The summed E-state index contributed by atoms with van der Waals surface area (Å²) in [7, 11) is 1.66. The second kappa shape index (κ2) is 18.2. The zero-order valence-electron chi connectivity index (χ0n) is 15.0. The highest BCUT2D eigenvalue weighted by Crippen LogP contribution is 2.06. The van der Waals surface area contributed by atoms with Crippen LogP contribution < -0.4 is 0 Å². The van der Waals surface area contributed by atoms with Crippen LogP contribution in [0.2, 0.25) is 0 Å². The molecule has 0 aliphatic heterocycles. The molecule has 5 nitrogen and oxygen atoms in total. The van der Waals surface area contributed by atoms with Gasteiger partial charge in [-0.2, -0.15) is 0 Å². The van der Waals surface area contributed by atoms with E-state index in [1.807, 2.05) is 13.8 Å². The van der Waals surface area contributed by atoms with Gasteiger partial charge in [-0.25, -0.2) is 0 Å². The molecule has 0 heterocycles. The first-order valence-corrected chi connectivity index (χ1v) is 8.31. The number of carboxylic acids is 1. The molecule has 0 aromatic rings. The minimum Gasteiger partial charge on any atom is -0.481 e. The maximum Gasteiger partial charge on any atom is 0.308 e. The molecule has 0 aliphatic rings. The second-order valence-corrected chi connectivity index (χ2v) is 5.28. The summed E-state index contributed by atoms with van der Waals surface area (Å²) in [5.74, 6) is -1.18. The SMILES string of the molecule is CC(C)C(=O)O.CCCCC(COC(=O)C(C)C)OC.CCl. The molecular formula is C16H33ClO5. The molecule has 22 heavy (non-hydrogen) atoms. The second-order valence-electron chi connectivity index (χ2n) is 5.28.